The van der Waals surface area contributed by atoms with Gasteiger partial charge in [0.15, 0.2) is 5.79 Å². The van der Waals surface area contributed by atoms with Crippen LogP contribution in [0.1, 0.15) is 43.8 Å². The highest BCUT2D eigenvalue weighted by Crippen LogP contribution is 2.46. The van der Waals surface area contributed by atoms with E-state index in [1.165, 1.54) is 6.42 Å². The first-order valence-electron chi connectivity index (χ1n) is 7.05. The third-order valence-corrected chi connectivity index (χ3v) is 4.14. The fraction of sp³-hybridized carbons (Fsp3) is 0.600. The molecule has 0 radical (unpaired) electrons. The molecule has 2 fully saturated rings. The van der Waals surface area contributed by atoms with Gasteiger partial charge in [-0.3, -0.25) is 0 Å². The average molecular weight is 263 g/mol. The van der Waals surface area contributed by atoms with E-state index in [9.17, 15) is 5.11 Å². The van der Waals surface area contributed by atoms with Crippen LogP contribution in [0.4, 0.5) is 5.69 Å². The van der Waals surface area contributed by atoms with Gasteiger partial charge in [0, 0.05) is 24.1 Å². The highest BCUT2D eigenvalue weighted by atomic mass is 16.8. The third-order valence-electron chi connectivity index (χ3n) is 4.14. The fourth-order valence-electron chi connectivity index (χ4n) is 3.17. The molecule has 1 aromatic carbocycles. The monoisotopic (exact) mass is 263 g/mol. The lowest BCUT2D eigenvalue weighted by molar-refractivity contribution is -0.196. The molecule has 1 spiro atoms. The molecule has 1 aromatic rings. The van der Waals surface area contributed by atoms with Crippen LogP contribution in [0.3, 0.4) is 0 Å². The van der Waals surface area contributed by atoms with Crippen molar-refractivity contribution in [3.8, 4) is 0 Å². The van der Waals surface area contributed by atoms with Crippen LogP contribution in [0.15, 0.2) is 24.3 Å². The zero-order chi connectivity index (χ0) is 13.3. The molecule has 1 heterocycles. The molecule has 4 heteroatoms. The molecule has 1 saturated carbocycles. The molecular formula is C15H21NO3. The minimum atomic E-state index is -0.501. The highest BCUT2D eigenvalue weighted by Gasteiger charge is 2.48. The Bertz CT molecular complexity index is 443. The number of para-hydroxylation sites is 1. The van der Waals surface area contributed by atoms with E-state index in [2.05, 4.69) is 0 Å². The molecule has 0 amide bonds. The molecule has 3 N–H and O–H groups in total. The summed E-state index contributed by atoms with van der Waals surface area (Å²) in [6, 6.07) is 7.65. The van der Waals surface area contributed by atoms with Gasteiger partial charge >= 0.3 is 0 Å². The summed E-state index contributed by atoms with van der Waals surface area (Å²) >= 11 is 0. The maximum Gasteiger partial charge on any atom is 0.169 e. The number of aliphatic hydroxyl groups excluding tert-OH is 1. The van der Waals surface area contributed by atoms with Gasteiger partial charge in [0.05, 0.1) is 6.61 Å². The predicted molar refractivity (Wildman–Crippen MR) is 72.5 cm³/mol. The van der Waals surface area contributed by atoms with Gasteiger partial charge in [-0.2, -0.15) is 0 Å². The molecule has 1 aliphatic carbocycles. The number of benzene rings is 1. The summed E-state index contributed by atoms with van der Waals surface area (Å²) in [7, 11) is 0. The van der Waals surface area contributed by atoms with Gasteiger partial charge in [-0.05, 0) is 18.9 Å². The molecule has 3 rings (SSSR count). The Kier molecular flexibility index (Phi) is 3.48. The molecule has 1 aliphatic heterocycles. The van der Waals surface area contributed by atoms with Crippen molar-refractivity contribution in [2.45, 2.75) is 50.1 Å². The average Bonchev–Trinajstić information content (AvgIpc) is 2.78. The van der Waals surface area contributed by atoms with Crippen LogP contribution < -0.4 is 5.73 Å². The van der Waals surface area contributed by atoms with Crippen molar-refractivity contribution in [1.29, 1.82) is 0 Å². The summed E-state index contributed by atoms with van der Waals surface area (Å²) in [5, 5.41) is 9.56. The Morgan fingerprint density at radius 3 is 2.58 bits per heavy atom. The number of rotatable bonds is 2. The Morgan fingerprint density at radius 2 is 1.89 bits per heavy atom. The first-order chi connectivity index (χ1) is 9.24. The van der Waals surface area contributed by atoms with E-state index in [4.69, 9.17) is 15.2 Å². The van der Waals surface area contributed by atoms with E-state index in [1.807, 2.05) is 24.3 Å². The van der Waals surface area contributed by atoms with Gasteiger partial charge in [-0.25, -0.2) is 0 Å². The molecule has 19 heavy (non-hydrogen) atoms. The van der Waals surface area contributed by atoms with Gasteiger partial charge in [-0.15, -0.1) is 0 Å². The third kappa shape index (κ3) is 2.36. The maximum absolute atomic E-state index is 9.56. The summed E-state index contributed by atoms with van der Waals surface area (Å²) < 4.78 is 12.2. The van der Waals surface area contributed by atoms with E-state index in [-0.39, 0.29) is 18.8 Å². The van der Waals surface area contributed by atoms with Crippen LogP contribution in [0.25, 0.3) is 0 Å². The smallest absolute Gasteiger partial charge is 0.169 e. The van der Waals surface area contributed by atoms with Crippen LogP contribution in [-0.4, -0.2) is 23.6 Å². The van der Waals surface area contributed by atoms with Crippen molar-refractivity contribution in [3.63, 3.8) is 0 Å². The predicted octanol–water partition coefficient (Wildman–Crippen LogP) is 2.38. The molecule has 4 nitrogen and oxygen atoms in total. The Hall–Kier alpha value is -1.10. The summed E-state index contributed by atoms with van der Waals surface area (Å²) in [6.45, 7) is -0.0409. The summed E-state index contributed by atoms with van der Waals surface area (Å²) in [6.07, 6.45) is 4.72. The molecule has 104 valence electrons. The number of anilines is 1. The fourth-order valence-corrected chi connectivity index (χ4v) is 3.17. The normalized spacial score (nSPS) is 29.7. The first-order valence-corrected chi connectivity index (χ1v) is 7.05. The molecule has 2 aliphatic rings. The summed E-state index contributed by atoms with van der Waals surface area (Å²) in [5.41, 5.74) is 7.64. The molecule has 0 bridgehead atoms. The summed E-state index contributed by atoms with van der Waals surface area (Å²) in [4.78, 5) is 0. The van der Waals surface area contributed by atoms with Crippen molar-refractivity contribution >= 4 is 5.69 Å². The molecule has 0 unspecified atom stereocenters. The summed E-state index contributed by atoms with van der Waals surface area (Å²) in [5.74, 6) is -0.501. The van der Waals surface area contributed by atoms with Gasteiger partial charge in [0.1, 0.15) is 12.2 Å². The van der Waals surface area contributed by atoms with Gasteiger partial charge in [-0.1, -0.05) is 24.6 Å². The second kappa shape index (κ2) is 5.12. The number of hydrogen-bond acceptors (Lipinski definition) is 4. The van der Waals surface area contributed by atoms with Crippen molar-refractivity contribution in [3.05, 3.63) is 29.8 Å². The van der Waals surface area contributed by atoms with E-state index in [0.29, 0.717) is 5.69 Å². The zero-order valence-corrected chi connectivity index (χ0v) is 11.0. The second-order valence-corrected chi connectivity index (χ2v) is 5.48. The molecule has 2 atom stereocenters. The lowest BCUT2D eigenvalue weighted by Crippen LogP contribution is -2.33. The molecule has 1 saturated heterocycles. The van der Waals surface area contributed by atoms with E-state index in [0.717, 1.165) is 31.2 Å². The van der Waals surface area contributed by atoms with E-state index < -0.39 is 5.79 Å². The topological polar surface area (TPSA) is 64.7 Å². The van der Waals surface area contributed by atoms with Crippen molar-refractivity contribution < 1.29 is 14.6 Å². The SMILES string of the molecule is Nc1ccccc1[C@H]1OC2(CCCCC2)O[C@@H]1CO. The maximum atomic E-state index is 9.56. The van der Waals surface area contributed by atoms with E-state index >= 15 is 0 Å². The van der Waals surface area contributed by atoms with E-state index in [1.54, 1.807) is 0 Å². The minimum Gasteiger partial charge on any atom is -0.398 e. The van der Waals surface area contributed by atoms with Crippen LogP contribution in [-0.2, 0) is 9.47 Å². The molecular weight excluding hydrogens is 242 g/mol. The van der Waals surface area contributed by atoms with Gasteiger partial charge < -0.3 is 20.3 Å². The standard InChI is InChI=1S/C15H21NO3/c16-12-7-3-2-6-11(12)14-13(10-17)18-15(19-14)8-4-1-5-9-15/h2-3,6-7,13-14,17H,1,4-5,8-10,16H2/t13-,14-/m1/s1. The van der Waals surface area contributed by atoms with Gasteiger partial charge in [0.25, 0.3) is 0 Å². The van der Waals surface area contributed by atoms with Crippen LogP contribution in [0.5, 0.6) is 0 Å². The van der Waals surface area contributed by atoms with Crippen molar-refractivity contribution in [2.24, 2.45) is 0 Å². The second-order valence-electron chi connectivity index (χ2n) is 5.48. The highest BCUT2D eigenvalue weighted by molar-refractivity contribution is 5.48. The minimum absolute atomic E-state index is 0.0409. The van der Waals surface area contributed by atoms with Crippen molar-refractivity contribution in [2.75, 3.05) is 12.3 Å². The number of ether oxygens (including phenoxy) is 2. The zero-order valence-electron chi connectivity index (χ0n) is 11.0. The number of nitrogen functional groups attached to an aromatic ring is 1. The molecule has 0 aromatic heterocycles. The lowest BCUT2D eigenvalue weighted by Gasteiger charge is -2.32. The van der Waals surface area contributed by atoms with Crippen LogP contribution in [0.2, 0.25) is 0 Å². The number of nitrogens with two attached hydrogens (primary N) is 1. The Labute approximate surface area is 113 Å². The first kappa shape index (κ1) is 12.9. The number of hydrogen-bond donors (Lipinski definition) is 2. The lowest BCUT2D eigenvalue weighted by atomic mass is 9.94. The Balaban J connectivity index is 1.87. The van der Waals surface area contributed by atoms with Crippen LogP contribution >= 0.6 is 0 Å². The van der Waals surface area contributed by atoms with Crippen LogP contribution in [0, 0.1) is 0 Å². The quantitative estimate of drug-likeness (QED) is 0.804. The van der Waals surface area contributed by atoms with Gasteiger partial charge in [0.2, 0.25) is 0 Å². The Morgan fingerprint density at radius 1 is 1.16 bits per heavy atom. The van der Waals surface area contributed by atoms with Crippen molar-refractivity contribution in [1.82, 2.24) is 0 Å². The largest absolute Gasteiger partial charge is 0.398 e. The number of aliphatic hydroxyl groups is 1.